The van der Waals surface area contributed by atoms with E-state index in [2.05, 4.69) is 32.9 Å². The second-order valence-electron chi connectivity index (χ2n) is 6.54. The fraction of sp³-hybridized carbons (Fsp3) is 0.812. The van der Waals surface area contributed by atoms with Crippen molar-refractivity contribution in [3.8, 4) is 0 Å². The summed E-state index contributed by atoms with van der Waals surface area (Å²) in [5.41, 5.74) is 0.377. The summed E-state index contributed by atoms with van der Waals surface area (Å²) in [4.78, 5) is 7.06. The summed E-state index contributed by atoms with van der Waals surface area (Å²) in [5.74, 6) is 1.21. The molecule has 21 heavy (non-hydrogen) atoms. The maximum Gasteiger partial charge on any atom is 0.122 e. The van der Waals surface area contributed by atoms with Gasteiger partial charge in [0.15, 0.2) is 0 Å². The largest absolute Gasteiger partial charge is 0.381 e. The summed E-state index contributed by atoms with van der Waals surface area (Å²) >= 11 is 0. The van der Waals surface area contributed by atoms with E-state index in [-0.39, 0.29) is 0 Å². The summed E-state index contributed by atoms with van der Waals surface area (Å²) in [5, 5.41) is 3.65. The summed E-state index contributed by atoms with van der Waals surface area (Å²) in [7, 11) is 0. The van der Waals surface area contributed by atoms with E-state index >= 15 is 0 Å². The third kappa shape index (κ3) is 3.65. The Kier molecular flexibility index (Phi) is 4.93. The first-order valence-electron chi connectivity index (χ1n) is 8.32. The van der Waals surface area contributed by atoms with Gasteiger partial charge in [0.2, 0.25) is 0 Å². The first kappa shape index (κ1) is 15.0. The molecular formula is C16H28N4O. The quantitative estimate of drug-likeness (QED) is 0.807. The lowest BCUT2D eigenvalue weighted by molar-refractivity contribution is -0.00875. The molecule has 2 aliphatic heterocycles. The molecule has 2 aliphatic rings. The van der Waals surface area contributed by atoms with Gasteiger partial charge in [0.25, 0.3) is 0 Å². The maximum atomic E-state index is 5.60. The van der Waals surface area contributed by atoms with Gasteiger partial charge in [0.05, 0.1) is 6.54 Å². The second-order valence-corrected chi connectivity index (χ2v) is 6.54. The minimum Gasteiger partial charge on any atom is -0.381 e. The third-order valence-electron chi connectivity index (χ3n) is 4.86. The summed E-state index contributed by atoms with van der Waals surface area (Å²) < 4.78 is 7.88. The van der Waals surface area contributed by atoms with Gasteiger partial charge in [-0.25, -0.2) is 4.98 Å². The van der Waals surface area contributed by atoms with E-state index in [1.165, 1.54) is 31.6 Å². The highest BCUT2D eigenvalue weighted by Crippen LogP contribution is 2.32. The minimum atomic E-state index is 0.377. The molecule has 0 aromatic carbocycles. The minimum absolute atomic E-state index is 0.377. The number of rotatable bonds is 6. The molecule has 1 aromatic rings. The molecule has 1 N–H and O–H groups in total. The van der Waals surface area contributed by atoms with Gasteiger partial charge in [-0.15, -0.1) is 0 Å². The van der Waals surface area contributed by atoms with Gasteiger partial charge in [0.1, 0.15) is 5.82 Å². The van der Waals surface area contributed by atoms with E-state index in [0.29, 0.717) is 5.41 Å². The molecule has 0 radical (unpaired) electrons. The molecule has 1 saturated heterocycles. The van der Waals surface area contributed by atoms with E-state index in [4.69, 9.17) is 4.74 Å². The highest BCUT2D eigenvalue weighted by atomic mass is 16.5. The van der Waals surface area contributed by atoms with Crippen molar-refractivity contribution in [2.24, 2.45) is 5.41 Å². The number of ether oxygens (including phenoxy) is 1. The Labute approximate surface area is 127 Å². The lowest BCUT2D eigenvalue weighted by Crippen LogP contribution is -2.49. The number of imidazole rings is 1. The van der Waals surface area contributed by atoms with Crippen molar-refractivity contribution >= 4 is 0 Å². The van der Waals surface area contributed by atoms with Crippen molar-refractivity contribution in [1.29, 1.82) is 0 Å². The van der Waals surface area contributed by atoms with E-state index in [1.807, 2.05) is 6.20 Å². The van der Waals surface area contributed by atoms with Gasteiger partial charge in [-0.05, 0) is 31.2 Å². The molecule has 3 rings (SSSR count). The van der Waals surface area contributed by atoms with Gasteiger partial charge in [-0.1, -0.05) is 6.92 Å². The highest BCUT2D eigenvalue weighted by molar-refractivity contribution is 4.97. The average Bonchev–Trinajstić information content (AvgIpc) is 2.96. The normalized spacial score (nSPS) is 22.1. The van der Waals surface area contributed by atoms with Gasteiger partial charge in [0, 0.05) is 51.8 Å². The van der Waals surface area contributed by atoms with Crippen molar-refractivity contribution in [2.75, 3.05) is 39.4 Å². The fourth-order valence-corrected chi connectivity index (χ4v) is 3.56. The number of hydrogen-bond donors (Lipinski definition) is 1. The zero-order valence-electron chi connectivity index (χ0n) is 13.2. The van der Waals surface area contributed by atoms with Crippen LogP contribution in [0.5, 0.6) is 0 Å². The Morgan fingerprint density at radius 1 is 1.33 bits per heavy atom. The Hall–Kier alpha value is -0.910. The SMILES string of the molecule is CCCNCC1(CN2CCn3ccnc3C2)CCOCC1. The van der Waals surface area contributed by atoms with Crippen molar-refractivity contribution in [1.82, 2.24) is 19.8 Å². The predicted octanol–water partition coefficient (Wildman–Crippen LogP) is 1.50. The van der Waals surface area contributed by atoms with Crippen molar-refractivity contribution in [3.63, 3.8) is 0 Å². The monoisotopic (exact) mass is 292 g/mol. The predicted molar refractivity (Wildman–Crippen MR) is 83.2 cm³/mol. The standard InChI is InChI=1S/C16H28N4O/c1-2-5-17-13-16(3-10-21-11-4-16)14-19-8-9-20-7-6-18-15(20)12-19/h6-7,17H,2-5,8-14H2,1H3. The number of nitrogens with zero attached hydrogens (tertiary/aromatic N) is 3. The van der Waals surface area contributed by atoms with Crippen LogP contribution in [-0.2, 0) is 17.8 Å². The molecule has 0 spiro atoms. The van der Waals surface area contributed by atoms with Crippen LogP contribution in [0.25, 0.3) is 0 Å². The molecule has 1 fully saturated rings. The van der Waals surface area contributed by atoms with Crippen LogP contribution in [0.3, 0.4) is 0 Å². The summed E-state index contributed by atoms with van der Waals surface area (Å²) in [6.07, 6.45) is 7.57. The van der Waals surface area contributed by atoms with Crippen LogP contribution in [0.1, 0.15) is 32.0 Å². The molecule has 3 heterocycles. The van der Waals surface area contributed by atoms with Gasteiger partial charge >= 0.3 is 0 Å². The van der Waals surface area contributed by atoms with Crippen molar-refractivity contribution in [2.45, 2.75) is 39.3 Å². The van der Waals surface area contributed by atoms with E-state index in [1.54, 1.807) is 0 Å². The van der Waals surface area contributed by atoms with Crippen molar-refractivity contribution < 1.29 is 4.74 Å². The number of fused-ring (bicyclic) bond motifs is 1. The van der Waals surface area contributed by atoms with Gasteiger partial charge < -0.3 is 14.6 Å². The Bertz CT molecular complexity index is 439. The van der Waals surface area contributed by atoms with Crippen LogP contribution in [0.15, 0.2) is 12.4 Å². The number of hydrogen-bond acceptors (Lipinski definition) is 4. The molecular weight excluding hydrogens is 264 g/mol. The lowest BCUT2D eigenvalue weighted by Gasteiger charge is -2.42. The van der Waals surface area contributed by atoms with Crippen LogP contribution in [0, 0.1) is 5.41 Å². The molecule has 0 aliphatic carbocycles. The molecule has 118 valence electrons. The summed E-state index contributed by atoms with van der Waals surface area (Å²) in [6.45, 7) is 10.7. The lowest BCUT2D eigenvalue weighted by atomic mass is 9.79. The molecule has 5 heteroatoms. The summed E-state index contributed by atoms with van der Waals surface area (Å²) in [6, 6.07) is 0. The molecule has 0 saturated carbocycles. The van der Waals surface area contributed by atoms with Crippen LogP contribution >= 0.6 is 0 Å². The molecule has 0 amide bonds. The second kappa shape index (κ2) is 6.90. The van der Waals surface area contributed by atoms with Crippen LogP contribution in [-0.4, -0.2) is 53.8 Å². The Balaban J connectivity index is 1.61. The van der Waals surface area contributed by atoms with Crippen LogP contribution < -0.4 is 5.32 Å². The first-order valence-corrected chi connectivity index (χ1v) is 8.32. The molecule has 5 nitrogen and oxygen atoms in total. The molecule has 0 unspecified atom stereocenters. The van der Waals surface area contributed by atoms with Crippen LogP contribution in [0.4, 0.5) is 0 Å². The van der Waals surface area contributed by atoms with E-state index < -0.39 is 0 Å². The smallest absolute Gasteiger partial charge is 0.122 e. The molecule has 1 aromatic heterocycles. The average molecular weight is 292 g/mol. The third-order valence-corrected chi connectivity index (χ3v) is 4.86. The first-order chi connectivity index (χ1) is 10.3. The maximum absolute atomic E-state index is 5.60. The van der Waals surface area contributed by atoms with Gasteiger partial charge in [-0.3, -0.25) is 4.90 Å². The molecule has 0 atom stereocenters. The van der Waals surface area contributed by atoms with Crippen molar-refractivity contribution in [3.05, 3.63) is 18.2 Å². The molecule has 0 bridgehead atoms. The van der Waals surface area contributed by atoms with Gasteiger partial charge in [-0.2, -0.15) is 0 Å². The number of nitrogens with one attached hydrogen (secondary N) is 1. The topological polar surface area (TPSA) is 42.3 Å². The zero-order chi connectivity index (χ0) is 14.5. The highest BCUT2D eigenvalue weighted by Gasteiger charge is 2.35. The Morgan fingerprint density at radius 3 is 3.00 bits per heavy atom. The van der Waals surface area contributed by atoms with E-state index in [9.17, 15) is 0 Å². The zero-order valence-corrected chi connectivity index (χ0v) is 13.2. The Morgan fingerprint density at radius 2 is 2.19 bits per heavy atom. The number of aromatic nitrogens is 2. The van der Waals surface area contributed by atoms with E-state index in [0.717, 1.165) is 45.9 Å². The van der Waals surface area contributed by atoms with Crippen LogP contribution in [0.2, 0.25) is 0 Å². The fourth-order valence-electron chi connectivity index (χ4n) is 3.56.